The van der Waals surface area contributed by atoms with Gasteiger partial charge in [-0.05, 0) is 128 Å². The summed E-state index contributed by atoms with van der Waals surface area (Å²) in [6.45, 7) is 21.1. The van der Waals surface area contributed by atoms with Crippen molar-refractivity contribution in [3.05, 3.63) is 70.0 Å². The van der Waals surface area contributed by atoms with Crippen LogP contribution in [0.25, 0.3) is 45.9 Å². The number of rotatable bonds is 19. The fraction of sp³-hybridized carbons (Fsp3) is 0.455. The standard InChI is InChI=1S/C44H56N10O8/c1-11-53(12-2)43-45-27(9)19-31(47-43)41-49-39(51-61-41)29-15-23(5)36(24(6)16-29)59-22-34(57)35(58)38(33(56)21-55)60-37-25(7)17-30(18-26(37)8)40-50-42(62-52-40)32-20-28(10)46-44(48-32)54(13-3)14-4/h15-20,33-35,38,55-58H,11-14,21-22H2,1-10H3. The Morgan fingerprint density at radius 3 is 1.39 bits per heavy atom. The molecule has 330 valence electrons. The molecule has 18 heteroatoms. The molecule has 0 saturated heterocycles. The number of aromatic nitrogens is 8. The predicted octanol–water partition coefficient (Wildman–Crippen LogP) is 5.14. The van der Waals surface area contributed by atoms with Crippen LogP contribution in [-0.2, 0) is 0 Å². The molecule has 18 nitrogen and oxygen atoms in total. The molecule has 0 radical (unpaired) electrons. The van der Waals surface area contributed by atoms with Gasteiger partial charge >= 0.3 is 0 Å². The van der Waals surface area contributed by atoms with Crippen LogP contribution in [0.1, 0.15) is 61.3 Å². The van der Waals surface area contributed by atoms with Crippen molar-refractivity contribution in [2.75, 3.05) is 49.2 Å². The minimum absolute atomic E-state index is 0.237. The van der Waals surface area contributed by atoms with E-state index < -0.39 is 31.0 Å². The first-order valence-electron chi connectivity index (χ1n) is 20.7. The first-order chi connectivity index (χ1) is 29.7. The van der Waals surface area contributed by atoms with E-state index in [1.165, 1.54) is 0 Å². The Kier molecular flexibility index (Phi) is 14.5. The van der Waals surface area contributed by atoms with E-state index in [9.17, 15) is 20.4 Å². The minimum Gasteiger partial charge on any atom is -0.490 e. The van der Waals surface area contributed by atoms with Crippen molar-refractivity contribution in [2.24, 2.45) is 0 Å². The van der Waals surface area contributed by atoms with Crippen molar-refractivity contribution in [1.82, 2.24) is 40.2 Å². The van der Waals surface area contributed by atoms with Crippen LogP contribution in [-0.4, -0.2) is 124 Å². The van der Waals surface area contributed by atoms with E-state index in [1.807, 2.05) is 77.3 Å². The summed E-state index contributed by atoms with van der Waals surface area (Å²) in [5, 5.41) is 51.7. The SMILES string of the molecule is CCN(CC)c1nc(C)cc(-c2nc(-c3cc(C)c(OCC(O)C(O)C(Oc4c(C)cc(-c5noc(-c6cc(C)nc(N(CC)CC)n6)n5)cc4C)C(O)CO)c(C)c3)no2)n1. The molecule has 0 bridgehead atoms. The molecule has 4 heterocycles. The van der Waals surface area contributed by atoms with Crippen LogP contribution in [0.4, 0.5) is 11.9 Å². The summed E-state index contributed by atoms with van der Waals surface area (Å²) in [6, 6.07) is 10.8. The molecule has 0 spiro atoms. The van der Waals surface area contributed by atoms with Crippen LogP contribution in [0.5, 0.6) is 11.5 Å². The number of ether oxygens (including phenoxy) is 2. The number of benzene rings is 2. The predicted molar refractivity (Wildman–Crippen MR) is 232 cm³/mol. The quantitative estimate of drug-likeness (QED) is 0.0825. The van der Waals surface area contributed by atoms with Crippen LogP contribution in [0.15, 0.2) is 45.4 Å². The average Bonchev–Trinajstić information content (AvgIpc) is 3.95. The highest BCUT2D eigenvalue weighted by Gasteiger charge is 2.35. The number of hydrogen-bond acceptors (Lipinski definition) is 18. The fourth-order valence-electron chi connectivity index (χ4n) is 7.18. The van der Waals surface area contributed by atoms with Crippen molar-refractivity contribution in [1.29, 1.82) is 0 Å². The molecule has 4 N–H and O–H groups in total. The number of anilines is 2. The van der Waals surface area contributed by atoms with Crippen LogP contribution in [0.3, 0.4) is 0 Å². The van der Waals surface area contributed by atoms with Gasteiger partial charge in [0, 0.05) is 48.7 Å². The van der Waals surface area contributed by atoms with E-state index >= 15 is 0 Å². The van der Waals surface area contributed by atoms with Gasteiger partial charge < -0.3 is 48.7 Å². The van der Waals surface area contributed by atoms with Crippen molar-refractivity contribution in [2.45, 2.75) is 93.7 Å². The maximum atomic E-state index is 11.4. The fourth-order valence-corrected chi connectivity index (χ4v) is 7.18. The minimum atomic E-state index is -1.67. The highest BCUT2D eigenvalue weighted by atomic mass is 16.5. The Morgan fingerprint density at radius 1 is 0.565 bits per heavy atom. The van der Waals surface area contributed by atoms with Gasteiger partial charge in [0.2, 0.25) is 23.5 Å². The Balaban J connectivity index is 1.14. The van der Waals surface area contributed by atoms with E-state index in [-0.39, 0.29) is 18.4 Å². The molecule has 2 aromatic carbocycles. The molecule has 4 atom stereocenters. The van der Waals surface area contributed by atoms with Crippen molar-refractivity contribution < 1.29 is 38.9 Å². The highest BCUT2D eigenvalue weighted by Crippen LogP contribution is 2.34. The molecule has 62 heavy (non-hydrogen) atoms. The second-order valence-corrected chi connectivity index (χ2v) is 15.2. The molecule has 0 aliphatic heterocycles. The van der Waals surface area contributed by atoms with Crippen LogP contribution in [0.2, 0.25) is 0 Å². The summed E-state index contributed by atoms with van der Waals surface area (Å²) in [6.07, 6.45) is -6.17. The zero-order valence-corrected chi connectivity index (χ0v) is 36.9. The van der Waals surface area contributed by atoms with Crippen molar-refractivity contribution in [3.8, 4) is 57.4 Å². The van der Waals surface area contributed by atoms with Gasteiger partial charge in [0.05, 0.1) is 6.61 Å². The molecule has 0 saturated carbocycles. The summed E-state index contributed by atoms with van der Waals surface area (Å²) in [5.41, 5.74) is 6.55. The van der Waals surface area contributed by atoms with Gasteiger partial charge in [0.15, 0.2) is 6.10 Å². The number of aliphatic hydroxyl groups excluding tert-OH is 4. The summed E-state index contributed by atoms with van der Waals surface area (Å²) in [4.78, 5) is 31.7. The zero-order chi connectivity index (χ0) is 44.8. The molecular formula is C44H56N10O8. The Hall–Kier alpha value is -6.08. The third-order valence-corrected chi connectivity index (χ3v) is 10.5. The lowest BCUT2D eigenvalue weighted by atomic mass is 10.0. The average molecular weight is 853 g/mol. The van der Waals surface area contributed by atoms with Gasteiger partial charge in [-0.15, -0.1) is 0 Å². The normalized spacial score (nSPS) is 13.5. The van der Waals surface area contributed by atoms with Gasteiger partial charge in [-0.1, -0.05) is 10.3 Å². The lowest BCUT2D eigenvalue weighted by molar-refractivity contribution is -0.111. The lowest BCUT2D eigenvalue weighted by Gasteiger charge is -2.31. The molecule has 6 rings (SSSR count). The molecule has 0 aliphatic carbocycles. The van der Waals surface area contributed by atoms with Gasteiger partial charge in [-0.3, -0.25) is 0 Å². The van der Waals surface area contributed by atoms with Gasteiger partial charge in [0.25, 0.3) is 11.8 Å². The molecule has 4 aromatic heterocycles. The largest absolute Gasteiger partial charge is 0.490 e. The van der Waals surface area contributed by atoms with Crippen LogP contribution >= 0.6 is 0 Å². The maximum Gasteiger partial charge on any atom is 0.277 e. The van der Waals surface area contributed by atoms with E-state index in [0.717, 1.165) is 48.7 Å². The van der Waals surface area contributed by atoms with Crippen LogP contribution in [0, 0.1) is 41.5 Å². The molecule has 0 fully saturated rings. The summed E-state index contributed by atoms with van der Waals surface area (Å²) < 4.78 is 23.5. The molecule has 4 unspecified atom stereocenters. The maximum absolute atomic E-state index is 11.4. The molecular weight excluding hydrogens is 797 g/mol. The smallest absolute Gasteiger partial charge is 0.277 e. The first kappa shape index (κ1) is 45.4. The number of aryl methyl sites for hydroxylation is 6. The van der Waals surface area contributed by atoms with E-state index in [4.69, 9.17) is 18.5 Å². The number of hydrogen-bond donors (Lipinski definition) is 4. The number of nitrogens with zero attached hydrogens (tertiary/aromatic N) is 10. The summed E-state index contributed by atoms with van der Waals surface area (Å²) in [5.74, 6) is 3.15. The first-order valence-corrected chi connectivity index (χ1v) is 20.7. The Bertz CT molecular complexity index is 2420. The van der Waals surface area contributed by atoms with E-state index in [1.54, 1.807) is 38.1 Å². The van der Waals surface area contributed by atoms with Crippen molar-refractivity contribution in [3.63, 3.8) is 0 Å². The Morgan fingerprint density at radius 2 is 0.984 bits per heavy atom. The summed E-state index contributed by atoms with van der Waals surface area (Å²) >= 11 is 0. The van der Waals surface area contributed by atoms with E-state index in [2.05, 4.69) is 40.2 Å². The third-order valence-electron chi connectivity index (χ3n) is 10.5. The van der Waals surface area contributed by atoms with E-state index in [0.29, 0.717) is 68.7 Å². The second-order valence-electron chi connectivity index (χ2n) is 15.2. The van der Waals surface area contributed by atoms with Gasteiger partial charge in [-0.2, -0.15) is 9.97 Å². The Labute approximate surface area is 360 Å². The second kappa shape index (κ2) is 19.7. The number of aliphatic hydroxyl groups is 4. The van der Waals surface area contributed by atoms with Gasteiger partial charge in [0.1, 0.15) is 47.8 Å². The van der Waals surface area contributed by atoms with Gasteiger partial charge in [-0.25, -0.2) is 19.9 Å². The molecule has 6 aromatic rings. The monoisotopic (exact) mass is 852 g/mol. The van der Waals surface area contributed by atoms with Crippen LogP contribution < -0.4 is 19.3 Å². The lowest BCUT2D eigenvalue weighted by Crippen LogP contribution is -2.51. The third kappa shape index (κ3) is 9.99. The highest BCUT2D eigenvalue weighted by molar-refractivity contribution is 5.64. The topological polar surface area (TPSA) is 235 Å². The summed E-state index contributed by atoms with van der Waals surface area (Å²) in [7, 11) is 0. The molecule has 0 amide bonds. The van der Waals surface area contributed by atoms with Crippen molar-refractivity contribution >= 4 is 11.9 Å². The zero-order valence-electron chi connectivity index (χ0n) is 36.9. The molecule has 0 aliphatic rings.